The van der Waals surface area contributed by atoms with E-state index in [4.69, 9.17) is 4.74 Å². The van der Waals surface area contributed by atoms with Gasteiger partial charge in [-0.2, -0.15) is 4.31 Å². The van der Waals surface area contributed by atoms with Crippen LogP contribution in [0.15, 0.2) is 46.1 Å². The summed E-state index contributed by atoms with van der Waals surface area (Å²) in [7, 11) is -3.56. The second kappa shape index (κ2) is 8.26. The Kier molecular flexibility index (Phi) is 5.97. The highest BCUT2D eigenvalue weighted by molar-refractivity contribution is 7.89. The van der Waals surface area contributed by atoms with E-state index in [1.54, 1.807) is 30.5 Å². The van der Waals surface area contributed by atoms with Crippen LogP contribution in [-0.4, -0.2) is 49.5 Å². The maximum atomic E-state index is 12.6. The number of benzene rings is 1. The van der Waals surface area contributed by atoms with E-state index in [2.05, 4.69) is 5.32 Å². The number of pyridine rings is 1. The molecule has 0 saturated carbocycles. The third-order valence-corrected chi connectivity index (χ3v) is 6.51. The van der Waals surface area contributed by atoms with Crippen molar-refractivity contribution in [2.24, 2.45) is 0 Å². The van der Waals surface area contributed by atoms with Crippen molar-refractivity contribution < 1.29 is 17.9 Å². The molecule has 1 fully saturated rings. The van der Waals surface area contributed by atoms with Crippen LogP contribution in [0.25, 0.3) is 0 Å². The van der Waals surface area contributed by atoms with Crippen LogP contribution in [0.4, 0.5) is 5.69 Å². The molecule has 0 spiro atoms. The number of sulfonamides is 1. The topological polar surface area (TPSA) is 97.7 Å². The van der Waals surface area contributed by atoms with Gasteiger partial charge >= 0.3 is 0 Å². The molecule has 1 saturated heterocycles. The normalized spacial score (nSPS) is 15.4. The van der Waals surface area contributed by atoms with Crippen molar-refractivity contribution in [2.75, 3.05) is 31.6 Å². The monoisotopic (exact) mass is 405 g/mol. The van der Waals surface area contributed by atoms with Gasteiger partial charge in [0.25, 0.3) is 0 Å². The minimum absolute atomic E-state index is 0.0613. The number of amides is 1. The van der Waals surface area contributed by atoms with Crippen molar-refractivity contribution in [3.05, 3.63) is 58.0 Å². The molecule has 1 aliphatic rings. The molecule has 1 aliphatic heterocycles. The van der Waals surface area contributed by atoms with Gasteiger partial charge < -0.3 is 14.6 Å². The predicted octanol–water partition coefficient (Wildman–Crippen LogP) is 1.12. The van der Waals surface area contributed by atoms with Gasteiger partial charge in [0.15, 0.2) is 5.43 Å². The maximum absolute atomic E-state index is 12.6. The minimum atomic E-state index is -3.56. The van der Waals surface area contributed by atoms with Gasteiger partial charge in [-0.15, -0.1) is 0 Å². The molecule has 8 nitrogen and oxygen atoms in total. The van der Waals surface area contributed by atoms with Gasteiger partial charge in [-0.1, -0.05) is 0 Å². The number of carbonyl (C=O) groups is 1. The molecule has 3 rings (SSSR count). The molecule has 28 heavy (non-hydrogen) atoms. The zero-order valence-electron chi connectivity index (χ0n) is 15.8. The van der Waals surface area contributed by atoms with Gasteiger partial charge in [0.05, 0.1) is 18.1 Å². The standard InChI is InChI=1S/C19H23N3O5S/c1-14-11-17(23)12-15(2)22(14)13-19(24)20-16-3-5-18(6-4-16)28(25,26)21-7-9-27-10-8-21/h3-6,11-12H,7-10,13H2,1-2H3,(H,20,24). The first-order valence-corrected chi connectivity index (χ1v) is 10.4. The van der Waals surface area contributed by atoms with E-state index >= 15 is 0 Å². The van der Waals surface area contributed by atoms with Gasteiger partial charge in [0, 0.05) is 42.3 Å². The number of morpholine rings is 1. The number of aryl methyl sites for hydroxylation is 2. The molecular weight excluding hydrogens is 382 g/mol. The number of anilines is 1. The molecule has 9 heteroatoms. The fourth-order valence-corrected chi connectivity index (χ4v) is 4.54. The molecule has 2 aromatic rings. The maximum Gasteiger partial charge on any atom is 0.244 e. The van der Waals surface area contributed by atoms with E-state index in [-0.39, 0.29) is 22.8 Å². The van der Waals surface area contributed by atoms with Crippen LogP contribution >= 0.6 is 0 Å². The van der Waals surface area contributed by atoms with Crippen LogP contribution in [0.2, 0.25) is 0 Å². The Bertz CT molecular complexity index is 996. The highest BCUT2D eigenvalue weighted by Crippen LogP contribution is 2.19. The summed E-state index contributed by atoms with van der Waals surface area (Å²) in [6.45, 7) is 5.04. The van der Waals surface area contributed by atoms with Gasteiger partial charge in [-0.25, -0.2) is 8.42 Å². The molecule has 1 aromatic carbocycles. The fraction of sp³-hybridized carbons (Fsp3) is 0.368. The SMILES string of the molecule is Cc1cc(=O)cc(C)n1CC(=O)Nc1ccc(S(=O)(=O)N2CCOCC2)cc1. The van der Waals surface area contributed by atoms with E-state index in [1.165, 1.54) is 28.6 Å². The van der Waals surface area contributed by atoms with Gasteiger partial charge in [0.2, 0.25) is 15.9 Å². The Morgan fingerprint density at radius 1 is 1.07 bits per heavy atom. The van der Waals surface area contributed by atoms with Crippen LogP contribution in [0.1, 0.15) is 11.4 Å². The molecule has 1 N–H and O–H groups in total. The van der Waals surface area contributed by atoms with E-state index < -0.39 is 10.0 Å². The third kappa shape index (κ3) is 4.49. The van der Waals surface area contributed by atoms with Crippen molar-refractivity contribution in [1.29, 1.82) is 0 Å². The second-order valence-electron chi connectivity index (χ2n) is 6.65. The van der Waals surface area contributed by atoms with Gasteiger partial charge in [-0.05, 0) is 38.1 Å². The lowest BCUT2D eigenvalue weighted by atomic mass is 10.2. The second-order valence-corrected chi connectivity index (χ2v) is 8.59. The van der Waals surface area contributed by atoms with Crippen molar-refractivity contribution in [1.82, 2.24) is 8.87 Å². The zero-order valence-corrected chi connectivity index (χ0v) is 16.7. The Balaban J connectivity index is 1.69. The molecule has 150 valence electrons. The van der Waals surface area contributed by atoms with Crippen molar-refractivity contribution >= 4 is 21.6 Å². The first-order valence-electron chi connectivity index (χ1n) is 8.93. The smallest absolute Gasteiger partial charge is 0.244 e. The molecular formula is C19H23N3O5S. The molecule has 0 aliphatic carbocycles. The number of nitrogens with zero attached hydrogens (tertiary/aromatic N) is 2. The largest absolute Gasteiger partial charge is 0.379 e. The van der Waals surface area contributed by atoms with Crippen molar-refractivity contribution in [3.8, 4) is 0 Å². The number of rotatable bonds is 5. The molecule has 0 atom stereocenters. The van der Waals surface area contributed by atoms with Crippen LogP contribution in [0.3, 0.4) is 0 Å². The first-order chi connectivity index (χ1) is 13.3. The number of nitrogens with one attached hydrogen (secondary N) is 1. The number of aromatic nitrogens is 1. The highest BCUT2D eigenvalue weighted by atomic mass is 32.2. The summed E-state index contributed by atoms with van der Waals surface area (Å²) in [5, 5.41) is 2.75. The Hall–Kier alpha value is -2.49. The average Bonchev–Trinajstić information content (AvgIpc) is 2.66. The summed E-state index contributed by atoms with van der Waals surface area (Å²) in [6.07, 6.45) is 0. The summed E-state index contributed by atoms with van der Waals surface area (Å²) in [5.74, 6) is -0.265. The summed E-state index contributed by atoms with van der Waals surface area (Å²) < 4.78 is 33.6. The van der Waals surface area contributed by atoms with Crippen molar-refractivity contribution in [3.63, 3.8) is 0 Å². The van der Waals surface area contributed by atoms with Crippen LogP contribution < -0.4 is 10.7 Å². The average molecular weight is 405 g/mol. The third-order valence-electron chi connectivity index (χ3n) is 4.60. The quantitative estimate of drug-likeness (QED) is 0.804. The lowest BCUT2D eigenvalue weighted by Gasteiger charge is -2.26. The van der Waals surface area contributed by atoms with E-state index in [9.17, 15) is 18.0 Å². The number of ether oxygens (including phenoxy) is 1. The Morgan fingerprint density at radius 3 is 2.21 bits per heavy atom. The molecule has 0 radical (unpaired) electrons. The lowest BCUT2D eigenvalue weighted by Crippen LogP contribution is -2.40. The van der Waals surface area contributed by atoms with E-state index in [1.807, 2.05) is 0 Å². The molecule has 2 heterocycles. The van der Waals surface area contributed by atoms with Crippen LogP contribution in [0, 0.1) is 13.8 Å². The highest BCUT2D eigenvalue weighted by Gasteiger charge is 2.26. The predicted molar refractivity (Wildman–Crippen MR) is 105 cm³/mol. The zero-order chi connectivity index (χ0) is 20.3. The number of hydrogen-bond acceptors (Lipinski definition) is 5. The summed E-state index contributed by atoms with van der Waals surface area (Å²) in [6, 6.07) is 9.05. The number of carbonyl (C=O) groups excluding carboxylic acids is 1. The Morgan fingerprint density at radius 2 is 1.64 bits per heavy atom. The molecule has 1 aromatic heterocycles. The number of hydrogen-bond donors (Lipinski definition) is 1. The molecule has 1 amide bonds. The van der Waals surface area contributed by atoms with Crippen molar-refractivity contribution in [2.45, 2.75) is 25.3 Å². The summed E-state index contributed by atoms with van der Waals surface area (Å²) in [5.41, 5.74) is 1.81. The van der Waals surface area contributed by atoms with Gasteiger partial charge in [0.1, 0.15) is 6.54 Å². The minimum Gasteiger partial charge on any atom is -0.379 e. The summed E-state index contributed by atoms with van der Waals surface area (Å²) >= 11 is 0. The Labute approximate surface area is 163 Å². The first kappa shape index (κ1) is 20.2. The molecule has 0 unspecified atom stereocenters. The van der Waals surface area contributed by atoms with E-state index in [0.717, 1.165) is 0 Å². The molecule has 0 bridgehead atoms. The van der Waals surface area contributed by atoms with Gasteiger partial charge in [-0.3, -0.25) is 9.59 Å². The van der Waals surface area contributed by atoms with Crippen LogP contribution in [-0.2, 0) is 26.1 Å². The lowest BCUT2D eigenvalue weighted by molar-refractivity contribution is -0.116. The fourth-order valence-electron chi connectivity index (χ4n) is 3.13. The van der Waals surface area contributed by atoms with E-state index in [0.29, 0.717) is 43.4 Å². The van der Waals surface area contributed by atoms with Crippen LogP contribution in [0.5, 0.6) is 0 Å². The summed E-state index contributed by atoms with van der Waals surface area (Å²) in [4.78, 5) is 24.0.